The lowest BCUT2D eigenvalue weighted by molar-refractivity contribution is -0.296. The van der Waals surface area contributed by atoms with E-state index in [1.165, 1.54) is 20.8 Å². The van der Waals surface area contributed by atoms with Gasteiger partial charge in [-0.25, -0.2) is 14.2 Å². The Labute approximate surface area is 350 Å². The number of aromatic nitrogens is 1. The lowest BCUT2D eigenvalue weighted by Crippen LogP contribution is -2.61. The fourth-order valence-electron chi connectivity index (χ4n) is 8.90. The van der Waals surface area contributed by atoms with E-state index in [9.17, 15) is 24.6 Å². The number of anilines is 1. The van der Waals surface area contributed by atoms with Gasteiger partial charge in [-0.05, 0) is 84.7 Å². The van der Waals surface area contributed by atoms with Crippen LogP contribution in [0.25, 0.3) is 11.0 Å². The molecule has 3 aliphatic heterocycles. The number of nitrogen functional groups attached to an aromatic ring is 1. The Bertz CT molecular complexity index is 1930. The van der Waals surface area contributed by atoms with Crippen LogP contribution in [0.1, 0.15) is 87.1 Å². The number of ketones is 1. The molecule has 4 heterocycles. The monoisotopic (exact) mass is 847 g/mol. The van der Waals surface area contributed by atoms with Crippen LogP contribution in [-0.2, 0) is 49.5 Å². The number of hydrogen-bond donors (Lipinski definition) is 3. The number of benzene rings is 1. The van der Waals surface area contributed by atoms with Crippen molar-refractivity contribution in [1.29, 1.82) is 0 Å². The van der Waals surface area contributed by atoms with Gasteiger partial charge in [0, 0.05) is 30.5 Å². The number of carbonyl (C=O) groups is 3. The minimum atomic E-state index is -3.23. The number of carbonyl (C=O) groups excluding carboxylic acids is 3. The number of nitrogens with zero attached hydrogens (tertiary/aromatic N) is 4. The molecule has 1 aromatic carbocycles. The van der Waals surface area contributed by atoms with Gasteiger partial charge in [0.2, 0.25) is 5.91 Å². The van der Waals surface area contributed by atoms with Crippen molar-refractivity contribution in [2.75, 3.05) is 33.0 Å². The number of halogens is 1. The van der Waals surface area contributed by atoms with Crippen LogP contribution in [0, 0.1) is 17.8 Å². The number of esters is 1. The van der Waals surface area contributed by atoms with Gasteiger partial charge in [-0.3, -0.25) is 9.59 Å². The zero-order chi connectivity index (χ0) is 44.5. The fourth-order valence-corrected chi connectivity index (χ4v) is 8.90. The van der Waals surface area contributed by atoms with E-state index < -0.39 is 95.1 Å². The number of fused-ring (bicyclic) bond motifs is 6. The molecule has 2 bridgehead atoms. The molecule has 0 radical (unpaired) electrons. The van der Waals surface area contributed by atoms with Crippen LogP contribution in [-0.4, -0.2) is 136 Å². The van der Waals surface area contributed by atoms with Crippen LogP contribution in [0.2, 0.25) is 0 Å². The molecule has 4 N–H and O–H groups in total. The van der Waals surface area contributed by atoms with Gasteiger partial charge in [-0.1, -0.05) is 44.1 Å². The summed E-state index contributed by atoms with van der Waals surface area (Å²) < 4.78 is 53.9. The Morgan fingerprint density at radius 2 is 1.82 bits per heavy atom. The largest absolute Gasteiger partial charge is 0.457 e. The van der Waals surface area contributed by atoms with Crippen molar-refractivity contribution in [3.63, 3.8) is 0 Å². The predicted molar refractivity (Wildman–Crippen MR) is 218 cm³/mol. The molecule has 334 valence electrons. The SMILES string of the molecule is CC[C@H]1OC(=O)[C@@](C)(F)C(=O)[C@H](C)[C@@H](O[C@@H]2O[C@H](C)C[C@H](N(C)C)[C@H]2O)[C@@]2(C)C[C@@H](C)C(=NC(C)=O)[C@H](C)[C@H](OC/C(=N\OCc3ccc4onc(N)c4c3)CO2)[C@]1(C)O. The highest BCUT2D eigenvalue weighted by molar-refractivity contribution is 6.08. The van der Waals surface area contributed by atoms with Gasteiger partial charge in [0.05, 0.1) is 42.5 Å². The van der Waals surface area contributed by atoms with E-state index in [2.05, 4.69) is 15.3 Å². The summed E-state index contributed by atoms with van der Waals surface area (Å²) >= 11 is 0. The zero-order valence-corrected chi connectivity index (χ0v) is 36.5. The molecule has 13 atom stereocenters. The van der Waals surface area contributed by atoms with Crippen molar-refractivity contribution in [3.8, 4) is 0 Å². The van der Waals surface area contributed by atoms with Gasteiger partial charge in [0.25, 0.3) is 5.67 Å². The van der Waals surface area contributed by atoms with Gasteiger partial charge >= 0.3 is 5.97 Å². The highest BCUT2D eigenvalue weighted by atomic mass is 19.1. The summed E-state index contributed by atoms with van der Waals surface area (Å²) in [5.41, 5.74) is 0.798. The summed E-state index contributed by atoms with van der Waals surface area (Å²) in [5, 5.41) is 32.8. The average molecular weight is 848 g/mol. The summed E-state index contributed by atoms with van der Waals surface area (Å²) in [4.78, 5) is 53.2. The van der Waals surface area contributed by atoms with Crippen molar-refractivity contribution in [2.45, 2.75) is 148 Å². The number of oxime groups is 1. The minimum absolute atomic E-state index is 0.00492. The van der Waals surface area contributed by atoms with E-state index >= 15 is 4.39 Å². The van der Waals surface area contributed by atoms with Crippen LogP contribution in [0.4, 0.5) is 10.2 Å². The standard InChI is InChI=1S/C42H62FN5O12/c1-12-31-42(9,53)36-23(4)32(45-25(6)49)21(2)17-40(7,55-20-27(19-54-36)46-56-18-26-13-14-30-28(16-26)37(44)47-60-30)35(24(5)34(51)41(8,43)39(52)58-31)59-38-33(50)29(48(10)11)15-22(3)57-38/h13-14,16,21-24,29,31,33,35-36,38,50,53H,12,15,17-20H2,1-11H3,(H2,44,47)/b45-32?,46-27+/t21-,22-,23+,24+,29+,31-,33-,35-,36+,38+,40-,41+,42-/m1/s1. The number of ether oxygens (including phenoxy) is 5. The zero-order valence-electron chi connectivity index (χ0n) is 36.5. The number of alkyl halides is 1. The van der Waals surface area contributed by atoms with E-state index in [1.807, 2.05) is 32.8 Å². The fraction of sp³-hybridized carbons (Fsp3) is 0.714. The molecular weight excluding hydrogens is 785 g/mol. The van der Waals surface area contributed by atoms with Crippen molar-refractivity contribution in [1.82, 2.24) is 10.1 Å². The summed E-state index contributed by atoms with van der Waals surface area (Å²) in [6.45, 7) is 12.9. The molecular formula is C42H62FN5O12. The Morgan fingerprint density at radius 1 is 1.12 bits per heavy atom. The average Bonchev–Trinajstić information content (AvgIpc) is 3.54. The molecule has 60 heavy (non-hydrogen) atoms. The topological polar surface area (TPSA) is 227 Å². The molecule has 1 aromatic heterocycles. The summed E-state index contributed by atoms with van der Waals surface area (Å²) in [6.07, 6.45) is -6.55. The van der Waals surface area contributed by atoms with Gasteiger partial charge in [0.15, 0.2) is 23.5 Å². The third-order valence-electron chi connectivity index (χ3n) is 12.1. The number of aliphatic hydroxyl groups excluding tert-OH is 1. The molecule has 0 saturated carbocycles. The van der Waals surface area contributed by atoms with Crippen LogP contribution in [0.15, 0.2) is 32.9 Å². The van der Waals surface area contributed by atoms with E-state index in [0.717, 1.165) is 6.92 Å². The van der Waals surface area contributed by atoms with Crippen LogP contribution in [0.3, 0.4) is 0 Å². The second-order valence-corrected chi connectivity index (χ2v) is 17.4. The highest BCUT2D eigenvalue weighted by Gasteiger charge is 2.56. The van der Waals surface area contributed by atoms with Gasteiger partial charge < -0.3 is 53.9 Å². The number of aliphatic imine (C=N–C) groups is 1. The Hall–Kier alpha value is -3.91. The molecule has 0 spiro atoms. The number of rotatable bonds is 7. The molecule has 2 aromatic rings. The van der Waals surface area contributed by atoms with Crippen molar-refractivity contribution in [2.24, 2.45) is 27.9 Å². The van der Waals surface area contributed by atoms with Crippen LogP contribution >= 0.6 is 0 Å². The third-order valence-corrected chi connectivity index (χ3v) is 12.1. The van der Waals surface area contributed by atoms with Crippen molar-refractivity contribution < 1.29 is 62.0 Å². The van der Waals surface area contributed by atoms with Gasteiger partial charge in [0.1, 0.15) is 30.1 Å². The molecule has 3 saturated heterocycles. The maximum absolute atomic E-state index is 16.9. The predicted octanol–water partition coefficient (Wildman–Crippen LogP) is 3.94. The molecule has 1 amide bonds. The smallest absolute Gasteiger partial charge is 0.351 e. The molecule has 18 heteroatoms. The van der Waals surface area contributed by atoms with Gasteiger partial charge in [-0.2, -0.15) is 0 Å². The molecule has 0 unspecified atom stereocenters. The first-order valence-electron chi connectivity index (χ1n) is 20.5. The van der Waals surface area contributed by atoms with E-state index in [1.54, 1.807) is 39.0 Å². The lowest BCUT2D eigenvalue weighted by atomic mass is 9.73. The summed E-state index contributed by atoms with van der Waals surface area (Å²) in [6, 6.07) is 4.81. The normalized spacial score (nSPS) is 39.0. The number of nitrogens with two attached hydrogens (primary N) is 1. The Morgan fingerprint density at radius 3 is 2.47 bits per heavy atom. The van der Waals surface area contributed by atoms with Gasteiger partial charge in [-0.15, -0.1) is 0 Å². The number of amides is 1. The first kappa shape index (κ1) is 47.1. The highest BCUT2D eigenvalue weighted by Crippen LogP contribution is 2.41. The summed E-state index contributed by atoms with van der Waals surface area (Å²) in [5.74, 6) is -5.93. The molecule has 0 aliphatic carbocycles. The number of aliphatic hydroxyl groups is 2. The first-order valence-corrected chi connectivity index (χ1v) is 20.5. The first-order chi connectivity index (χ1) is 28.0. The lowest BCUT2D eigenvalue weighted by Gasteiger charge is -2.47. The van der Waals surface area contributed by atoms with E-state index in [-0.39, 0.29) is 44.2 Å². The maximum Gasteiger partial charge on any atom is 0.351 e. The Kier molecular flexibility index (Phi) is 14.6. The summed E-state index contributed by atoms with van der Waals surface area (Å²) in [7, 11) is 3.62. The number of likely N-dealkylation sites (N-methyl/N-ethyl adjacent to an activating group) is 1. The second-order valence-electron chi connectivity index (χ2n) is 17.4. The molecule has 5 rings (SSSR count). The minimum Gasteiger partial charge on any atom is -0.457 e. The molecule has 17 nitrogen and oxygen atoms in total. The maximum atomic E-state index is 16.9. The Balaban J connectivity index is 1.69. The number of Topliss-reactive ketones (excluding diaryl/α,β-unsaturated/α-hetero) is 1. The van der Waals surface area contributed by atoms with Crippen molar-refractivity contribution in [3.05, 3.63) is 23.8 Å². The van der Waals surface area contributed by atoms with Crippen molar-refractivity contribution >= 4 is 45.9 Å². The van der Waals surface area contributed by atoms with Crippen LogP contribution < -0.4 is 5.73 Å². The van der Waals surface area contributed by atoms with Crippen LogP contribution in [0.5, 0.6) is 0 Å². The second kappa shape index (κ2) is 18.6. The number of cyclic esters (lactones) is 1. The van der Waals surface area contributed by atoms with E-state index in [0.29, 0.717) is 28.7 Å². The quantitative estimate of drug-likeness (QED) is 0.204. The van der Waals surface area contributed by atoms with E-state index in [4.69, 9.17) is 38.8 Å². The number of hydrogen-bond acceptors (Lipinski definition) is 16. The molecule has 3 aliphatic rings. The third kappa shape index (κ3) is 9.90. The molecule has 3 fully saturated rings.